The van der Waals surface area contributed by atoms with E-state index in [2.05, 4.69) is 22.1 Å². The number of amides is 1. The molecule has 8 heteroatoms. The van der Waals surface area contributed by atoms with Gasteiger partial charge in [-0.1, -0.05) is 6.92 Å². The number of nitrogens with zero attached hydrogens (tertiary/aromatic N) is 2. The van der Waals surface area contributed by atoms with Gasteiger partial charge in [0.25, 0.3) is 5.91 Å². The van der Waals surface area contributed by atoms with E-state index in [4.69, 9.17) is 5.73 Å². The van der Waals surface area contributed by atoms with Gasteiger partial charge in [-0.05, 0) is 44.8 Å². The van der Waals surface area contributed by atoms with Gasteiger partial charge in [0.2, 0.25) is 0 Å². The second-order valence-corrected chi connectivity index (χ2v) is 6.27. The number of aromatic nitrogens is 1. The van der Waals surface area contributed by atoms with Crippen LogP contribution in [0.3, 0.4) is 0 Å². The minimum Gasteiger partial charge on any atom is -0.350 e. The lowest BCUT2D eigenvalue weighted by Crippen LogP contribution is -2.39. The molecule has 22 heavy (non-hydrogen) atoms. The summed E-state index contributed by atoms with van der Waals surface area (Å²) in [5.74, 6) is 0.525. The number of nitrogens with one attached hydrogen (secondary N) is 1. The standard InChI is InChI=1S/C14H24N4OS.2ClH/c1-2-5-18-6-3-11(4-7-18)9-16-14(19)12-10-20-13(8-15)17-12;;/h10-11H,2-9,15H2,1H3,(H,16,19);2*1H. The Labute approximate surface area is 148 Å². The molecule has 5 nitrogen and oxygen atoms in total. The number of thiazole rings is 1. The maximum absolute atomic E-state index is 12.0. The number of hydrogen-bond acceptors (Lipinski definition) is 5. The molecule has 0 bridgehead atoms. The summed E-state index contributed by atoms with van der Waals surface area (Å²) < 4.78 is 0. The molecule has 1 saturated heterocycles. The van der Waals surface area contributed by atoms with Gasteiger partial charge in [-0.15, -0.1) is 36.2 Å². The molecule has 1 aromatic rings. The zero-order chi connectivity index (χ0) is 14.4. The molecule has 3 N–H and O–H groups in total. The van der Waals surface area contributed by atoms with Crippen LogP contribution in [0, 0.1) is 5.92 Å². The quantitative estimate of drug-likeness (QED) is 0.807. The van der Waals surface area contributed by atoms with Gasteiger partial charge in [0.1, 0.15) is 10.7 Å². The van der Waals surface area contributed by atoms with Crippen LogP contribution >= 0.6 is 36.2 Å². The summed E-state index contributed by atoms with van der Waals surface area (Å²) in [5, 5.41) is 5.59. The van der Waals surface area contributed by atoms with E-state index in [9.17, 15) is 4.79 Å². The van der Waals surface area contributed by atoms with Crippen molar-refractivity contribution in [3.8, 4) is 0 Å². The fourth-order valence-electron chi connectivity index (χ4n) is 2.57. The van der Waals surface area contributed by atoms with E-state index >= 15 is 0 Å². The average molecular weight is 369 g/mol. The van der Waals surface area contributed by atoms with Crippen molar-refractivity contribution < 1.29 is 4.79 Å². The third-order valence-electron chi connectivity index (χ3n) is 3.76. The number of piperidine rings is 1. The molecule has 2 heterocycles. The van der Waals surface area contributed by atoms with Gasteiger partial charge in [0, 0.05) is 18.5 Å². The van der Waals surface area contributed by atoms with Gasteiger partial charge < -0.3 is 16.0 Å². The van der Waals surface area contributed by atoms with E-state index < -0.39 is 0 Å². The van der Waals surface area contributed by atoms with Gasteiger partial charge in [-0.2, -0.15) is 0 Å². The Morgan fingerprint density at radius 3 is 2.68 bits per heavy atom. The molecule has 0 unspecified atom stereocenters. The van der Waals surface area contributed by atoms with E-state index in [1.165, 1.54) is 37.1 Å². The molecule has 0 atom stereocenters. The summed E-state index contributed by atoms with van der Waals surface area (Å²) in [6.07, 6.45) is 3.56. The minimum absolute atomic E-state index is 0. The van der Waals surface area contributed by atoms with Gasteiger partial charge in [0.15, 0.2) is 0 Å². The second-order valence-electron chi connectivity index (χ2n) is 5.33. The van der Waals surface area contributed by atoms with Crippen molar-refractivity contribution >= 4 is 42.1 Å². The third-order valence-corrected chi connectivity index (χ3v) is 4.63. The first-order valence-electron chi connectivity index (χ1n) is 7.38. The topological polar surface area (TPSA) is 71.2 Å². The van der Waals surface area contributed by atoms with Gasteiger partial charge in [-0.3, -0.25) is 4.79 Å². The SMILES string of the molecule is CCCN1CCC(CNC(=O)c2csc(CN)n2)CC1.Cl.Cl. The number of rotatable bonds is 6. The van der Waals surface area contributed by atoms with E-state index in [1.54, 1.807) is 5.38 Å². The monoisotopic (exact) mass is 368 g/mol. The van der Waals surface area contributed by atoms with Crippen molar-refractivity contribution in [1.82, 2.24) is 15.2 Å². The lowest BCUT2D eigenvalue weighted by Gasteiger charge is -2.31. The normalized spacial score (nSPS) is 15.7. The highest BCUT2D eigenvalue weighted by molar-refractivity contribution is 7.09. The van der Waals surface area contributed by atoms with Crippen molar-refractivity contribution in [3.63, 3.8) is 0 Å². The Morgan fingerprint density at radius 1 is 1.45 bits per heavy atom. The molecule has 2 rings (SSSR count). The molecule has 1 aromatic heterocycles. The van der Waals surface area contributed by atoms with Crippen molar-refractivity contribution in [2.24, 2.45) is 11.7 Å². The molecule has 0 aromatic carbocycles. The van der Waals surface area contributed by atoms with Crippen LogP contribution in [0.2, 0.25) is 0 Å². The third kappa shape index (κ3) is 6.38. The summed E-state index contributed by atoms with van der Waals surface area (Å²) in [5.41, 5.74) is 6.00. The summed E-state index contributed by atoms with van der Waals surface area (Å²) in [7, 11) is 0. The highest BCUT2D eigenvalue weighted by Gasteiger charge is 2.19. The van der Waals surface area contributed by atoms with Crippen molar-refractivity contribution in [1.29, 1.82) is 0 Å². The number of carbonyl (C=O) groups is 1. The largest absolute Gasteiger partial charge is 0.350 e. The van der Waals surface area contributed by atoms with Crippen LogP contribution in [-0.4, -0.2) is 42.0 Å². The highest BCUT2D eigenvalue weighted by Crippen LogP contribution is 2.16. The van der Waals surface area contributed by atoms with Crippen molar-refractivity contribution in [2.75, 3.05) is 26.2 Å². The van der Waals surface area contributed by atoms with Crippen LogP contribution < -0.4 is 11.1 Å². The predicted molar refractivity (Wildman–Crippen MR) is 96.3 cm³/mol. The Hall–Kier alpha value is -0.400. The van der Waals surface area contributed by atoms with Crippen LogP contribution in [0.4, 0.5) is 0 Å². The summed E-state index contributed by atoms with van der Waals surface area (Å²) in [6.45, 7) is 6.88. The van der Waals surface area contributed by atoms with E-state index in [1.807, 2.05) is 0 Å². The molecule has 0 saturated carbocycles. The fourth-order valence-corrected chi connectivity index (χ4v) is 3.22. The Balaban J connectivity index is 0.00000220. The minimum atomic E-state index is -0.0723. The zero-order valence-electron chi connectivity index (χ0n) is 12.9. The lowest BCUT2D eigenvalue weighted by atomic mass is 9.96. The summed E-state index contributed by atoms with van der Waals surface area (Å²) in [6, 6.07) is 0. The van der Waals surface area contributed by atoms with E-state index in [-0.39, 0.29) is 30.7 Å². The molecule has 1 aliphatic heterocycles. The molecule has 0 spiro atoms. The van der Waals surface area contributed by atoms with Crippen LogP contribution in [0.15, 0.2) is 5.38 Å². The maximum Gasteiger partial charge on any atom is 0.270 e. The Morgan fingerprint density at radius 2 is 2.14 bits per heavy atom. The Bertz CT molecular complexity index is 436. The van der Waals surface area contributed by atoms with Gasteiger partial charge in [0.05, 0.1) is 0 Å². The maximum atomic E-state index is 12.0. The zero-order valence-corrected chi connectivity index (χ0v) is 15.4. The molecule has 128 valence electrons. The van der Waals surface area contributed by atoms with E-state index in [0.717, 1.165) is 24.6 Å². The first-order chi connectivity index (χ1) is 9.72. The van der Waals surface area contributed by atoms with Crippen molar-refractivity contribution in [2.45, 2.75) is 32.7 Å². The summed E-state index contributed by atoms with van der Waals surface area (Å²) >= 11 is 1.44. The van der Waals surface area contributed by atoms with E-state index in [0.29, 0.717) is 18.2 Å². The van der Waals surface area contributed by atoms with Crippen LogP contribution in [0.25, 0.3) is 0 Å². The van der Waals surface area contributed by atoms with Crippen molar-refractivity contribution in [3.05, 3.63) is 16.1 Å². The van der Waals surface area contributed by atoms with Crippen LogP contribution in [-0.2, 0) is 6.54 Å². The first kappa shape index (κ1) is 21.6. The molecule has 1 fully saturated rings. The molecular formula is C14H26Cl2N4OS. The number of hydrogen-bond donors (Lipinski definition) is 2. The van der Waals surface area contributed by atoms with Gasteiger partial charge >= 0.3 is 0 Å². The summed E-state index contributed by atoms with van der Waals surface area (Å²) in [4.78, 5) is 18.7. The number of carbonyl (C=O) groups excluding carboxylic acids is 1. The highest BCUT2D eigenvalue weighted by atomic mass is 35.5. The average Bonchev–Trinajstić information content (AvgIpc) is 2.95. The first-order valence-corrected chi connectivity index (χ1v) is 8.26. The predicted octanol–water partition coefficient (Wildman–Crippen LogP) is 2.30. The number of likely N-dealkylation sites (tertiary alicyclic amines) is 1. The molecule has 0 aliphatic carbocycles. The Kier molecular flexibility index (Phi) is 11.0. The number of halogens is 2. The fraction of sp³-hybridized carbons (Fsp3) is 0.714. The van der Waals surface area contributed by atoms with Crippen LogP contribution in [0.1, 0.15) is 41.7 Å². The van der Waals surface area contributed by atoms with Crippen LogP contribution in [0.5, 0.6) is 0 Å². The van der Waals surface area contributed by atoms with Gasteiger partial charge in [-0.25, -0.2) is 4.98 Å². The molecule has 1 amide bonds. The molecule has 1 aliphatic rings. The lowest BCUT2D eigenvalue weighted by molar-refractivity contribution is 0.0932. The smallest absolute Gasteiger partial charge is 0.270 e. The molecule has 0 radical (unpaired) electrons. The number of nitrogens with two attached hydrogens (primary N) is 1. The molecular weight excluding hydrogens is 343 g/mol. The second kappa shape index (κ2) is 11.2.